The van der Waals surface area contributed by atoms with E-state index in [1.54, 1.807) is 18.2 Å². The van der Waals surface area contributed by atoms with E-state index >= 15 is 0 Å². The molecular weight excluding hydrogens is 567 g/mol. The van der Waals surface area contributed by atoms with E-state index in [4.69, 9.17) is 32.9 Å². The SMILES string of the molecule is O=C(NCCCC1CC2(CCCCC2)Oc2nc(-c3ccccc3Cl)c(-c3ccc(Cl)cc3)cc21)c1ccccc1O. The van der Waals surface area contributed by atoms with Gasteiger partial charge in [-0.3, -0.25) is 4.79 Å². The Hall–Kier alpha value is -3.54. The number of nitrogens with zero attached hydrogens (tertiary/aromatic N) is 1. The van der Waals surface area contributed by atoms with Crippen molar-refractivity contribution < 1.29 is 14.6 Å². The molecule has 1 aliphatic heterocycles. The number of para-hydroxylation sites is 1. The summed E-state index contributed by atoms with van der Waals surface area (Å²) in [6, 6.07) is 24.5. The third-order valence-corrected chi connectivity index (χ3v) is 9.18. The van der Waals surface area contributed by atoms with Gasteiger partial charge in [-0.15, -0.1) is 0 Å². The third kappa shape index (κ3) is 5.99. The first-order valence-electron chi connectivity index (χ1n) is 14.7. The number of amides is 1. The van der Waals surface area contributed by atoms with Crippen LogP contribution in [-0.4, -0.2) is 28.1 Å². The van der Waals surface area contributed by atoms with Crippen LogP contribution in [0.2, 0.25) is 10.0 Å². The fraction of sp³-hybridized carbons (Fsp3) is 0.314. The minimum atomic E-state index is -0.264. The highest BCUT2D eigenvalue weighted by Crippen LogP contribution is 2.50. The van der Waals surface area contributed by atoms with Crippen LogP contribution < -0.4 is 10.1 Å². The molecule has 1 amide bonds. The summed E-state index contributed by atoms with van der Waals surface area (Å²) in [6.07, 6.45) is 8.19. The van der Waals surface area contributed by atoms with Gasteiger partial charge in [0.15, 0.2) is 0 Å². The number of phenolic OH excluding ortho intramolecular Hbond substituents is 1. The van der Waals surface area contributed by atoms with E-state index in [0.717, 1.165) is 72.9 Å². The van der Waals surface area contributed by atoms with Crippen molar-refractivity contribution in [3.63, 3.8) is 0 Å². The smallest absolute Gasteiger partial charge is 0.255 e. The predicted octanol–water partition coefficient (Wildman–Crippen LogP) is 9.21. The van der Waals surface area contributed by atoms with Crippen molar-refractivity contribution in [2.45, 2.75) is 62.9 Å². The van der Waals surface area contributed by atoms with Crippen LogP contribution in [0.1, 0.15) is 73.2 Å². The normalized spacial score (nSPS) is 17.3. The number of rotatable bonds is 7. The van der Waals surface area contributed by atoms with Crippen LogP contribution >= 0.6 is 23.2 Å². The third-order valence-electron chi connectivity index (χ3n) is 8.60. The maximum Gasteiger partial charge on any atom is 0.255 e. The van der Waals surface area contributed by atoms with Crippen molar-refractivity contribution in [2.75, 3.05) is 6.54 Å². The molecule has 1 unspecified atom stereocenters. The number of carbonyl (C=O) groups is 1. The predicted molar refractivity (Wildman–Crippen MR) is 169 cm³/mol. The van der Waals surface area contributed by atoms with Crippen LogP contribution in [-0.2, 0) is 0 Å². The molecule has 4 aromatic rings. The molecule has 3 aromatic carbocycles. The van der Waals surface area contributed by atoms with E-state index in [9.17, 15) is 9.90 Å². The maximum absolute atomic E-state index is 12.7. The Morgan fingerprint density at radius 1 is 0.952 bits per heavy atom. The van der Waals surface area contributed by atoms with E-state index in [1.165, 1.54) is 12.5 Å². The minimum Gasteiger partial charge on any atom is -0.507 e. The molecule has 6 rings (SSSR count). The van der Waals surface area contributed by atoms with Crippen molar-refractivity contribution >= 4 is 29.1 Å². The molecular formula is C35H34Cl2N2O3. The second-order valence-electron chi connectivity index (χ2n) is 11.4. The molecule has 0 saturated heterocycles. The highest BCUT2D eigenvalue weighted by molar-refractivity contribution is 6.33. The van der Waals surface area contributed by atoms with Gasteiger partial charge in [-0.05, 0) is 92.8 Å². The zero-order chi connectivity index (χ0) is 29.1. The average Bonchev–Trinajstić information content (AvgIpc) is 3.00. The van der Waals surface area contributed by atoms with Crippen LogP contribution in [0.25, 0.3) is 22.4 Å². The van der Waals surface area contributed by atoms with Crippen LogP contribution in [0.4, 0.5) is 0 Å². The zero-order valence-electron chi connectivity index (χ0n) is 23.4. The molecule has 1 saturated carbocycles. The van der Waals surface area contributed by atoms with Gasteiger partial charge in [0, 0.05) is 33.3 Å². The minimum absolute atomic E-state index is 0.0114. The van der Waals surface area contributed by atoms with Crippen molar-refractivity contribution in [1.29, 1.82) is 0 Å². The van der Waals surface area contributed by atoms with E-state index in [1.807, 2.05) is 48.5 Å². The zero-order valence-corrected chi connectivity index (χ0v) is 24.9. The fourth-order valence-electron chi connectivity index (χ4n) is 6.47. The number of phenols is 1. The van der Waals surface area contributed by atoms with Gasteiger partial charge in [0.2, 0.25) is 5.88 Å². The van der Waals surface area contributed by atoms with E-state index in [0.29, 0.717) is 28.0 Å². The molecule has 2 heterocycles. The Morgan fingerprint density at radius 3 is 2.45 bits per heavy atom. The lowest BCUT2D eigenvalue weighted by Crippen LogP contribution is -2.43. The summed E-state index contributed by atoms with van der Waals surface area (Å²) in [6.45, 7) is 0.516. The summed E-state index contributed by atoms with van der Waals surface area (Å²) in [5.74, 6) is 0.648. The number of hydrogen-bond acceptors (Lipinski definition) is 4. The standard InChI is InChI=1S/C35H34Cl2N2O3/c36-25-16-14-23(15-17-25)28-21-29-24(9-8-20-38-33(41)27-11-3-5-13-31(27)40)22-35(18-6-1-7-19-35)42-34(29)39-32(28)26-10-2-4-12-30(26)37/h2-5,10-17,21,24,40H,1,6-9,18-20,22H2,(H,38,41). The Balaban J connectivity index is 1.34. The van der Waals surface area contributed by atoms with Crippen molar-refractivity contribution in [1.82, 2.24) is 10.3 Å². The molecule has 2 aliphatic rings. The summed E-state index contributed by atoms with van der Waals surface area (Å²) < 4.78 is 6.85. The lowest BCUT2D eigenvalue weighted by Gasteiger charge is -2.44. The first-order valence-corrected chi connectivity index (χ1v) is 15.5. The van der Waals surface area contributed by atoms with E-state index in [-0.39, 0.29) is 23.2 Å². The summed E-state index contributed by atoms with van der Waals surface area (Å²) in [5, 5.41) is 14.3. The van der Waals surface area contributed by atoms with Crippen molar-refractivity contribution in [3.05, 3.63) is 100 Å². The quantitative estimate of drug-likeness (QED) is 0.207. The van der Waals surface area contributed by atoms with Gasteiger partial charge < -0.3 is 15.2 Å². The lowest BCUT2D eigenvalue weighted by molar-refractivity contribution is -0.00411. The van der Waals surface area contributed by atoms with Gasteiger partial charge in [-0.2, -0.15) is 0 Å². The van der Waals surface area contributed by atoms with E-state index in [2.05, 4.69) is 11.4 Å². The molecule has 42 heavy (non-hydrogen) atoms. The summed E-state index contributed by atoms with van der Waals surface area (Å²) in [7, 11) is 0. The first-order chi connectivity index (χ1) is 20.4. The fourth-order valence-corrected chi connectivity index (χ4v) is 6.82. The number of hydrogen-bond donors (Lipinski definition) is 2. The Kier molecular flexibility index (Phi) is 8.41. The summed E-state index contributed by atoms with van der Waals surface area (Å²) >= 11 is 13.0. The Morgan fingerprint density at radius 2 is 1.69 bits per heavy atom. The average molecular weight is 602 g/mol. The molecule has 216 valence electrons. The molecule has 0 bridgehead atoms. The number of fused-ring (bicyclic) bond motifs is 1. The van der Waals surface area contributed by atoms with Gasteiger partial charge in [0.25, 0.3) is 5.91 Å². The molecule has 0 radical (unpaired) electrons. The number of pyridine rings is 1. The number of halogens is 2. The number of ether oxygens (including phenoxy) is 1. The van der Waals surface area contributed by atoms with Crippen molar-refractivity contribution in [3.8, 4) is 34.0 Å². The number of aromatic hydroxyl groups is 1. The molecule has 1 aliphatic carbocycles. The lowest BCUT2D eigenvalue weighted by atomic mass is 9.73. The molecule has 7 heteroatoms. The topological polar surface area (TPSA) is 71.5 Å². The number of nitrogens with one attached hydrogen (secondary N) is 1. The van der Waals surface area contributed by atoms with E-state index < -0.39 is 0 Å². The number of aromatic nitrogens is 1. The second kappa shape index (κ2) is 12.4. The first kappa shape index (κ1) is 28.6. The molecule has 1 fully saturated rings. The summed E-state index contributed by atoms with van der Waals surface area (Å²) in [5.41, 5.74) is 4.82. The largest absolute Gasteiger partial charge is 0.507 e. The van der Waals surface area contributed by atoms with Gasteiger partial charge in [0.1, 0.15) is 11.4 Å². The molecule has 2 N–H and O–H groups in total. The Labute approximate surface area is 256 Å². The molecule has 1 aromatic heterocycles. The van der Waals surface area contributed by atoms with Crippen molar-refractivity contribution in [2.24, 2.45) is 0 Å². The number of benzene rings is 3. The highest BCUT2D eigenvalue weighted by atomic mass is 35.5. The van der Waals surface area contributed by atoms with Gasteiger partial charge in [-0.25, -0.2) is 4.98 Å². The van der Waals surface area contributed by atoms with Crippen LogP contribution in [0.15, 0.2) is 78.9 Å². The van der Waals surface area contributed by atoms with Gasteiger partial charge in [0.05, 0.1) is 11.3 Å². The van der Waals surface area contributed by atoms with Crippen LogP contribution in [0.5, 0.6) is 11.6 Å². The van der Waals surface area contributed by atoms with Crippen LogP contribution in [0.3, 0.4) is 0 Å². The number of carbonyl (C=O) groups excluding carboxylic acids is 1. The van der Waals surface area contributed by atoms with Crippen LogP contribution in [0, 0.1) is 0 Å². The summed E-state index contributed by atoms with van der Waals surface area (Å²) in [4.78, 5) is 17.9. The Bertz CT molecular complexity index is 1580. The monoisotopic (exact) mass is 600 g/mol. The van der Waals surface area contributed by atoms with Gasteiger partial charge in [-0.1, -0.05) is 72.1 Å². The maximum atomic E-state index is 12.7. The highest BCUT2D eigenvalue weighted by Gasteiger charge is 2.42. The second-order valence-corrected chi connectivity index (χ2v) is 12.3. The van der Waals surface area contributed by atoms with Gasteiger partial charge >= 0.3 is 0 Å². The molecule has 1 spiro atoms. The molecule has 1 atom stereocenters. The molecule has 5 nitrogen and oxygen atoms in total.